The number of fused-ring (bicyclic) bond motifs is 1. The first-order valence-corrected chi connectivity index (χ1v) is 6.81. The van der Waals surface area contributed by atoms with Gasteiger partial charge >= 0.3 is 0 Å². The molecule has 0 spiro atoms. The maximum absolute atomic E-state index is 5.78. The monoisotopic (exact) mass is 270 g/mol. The molecule has 0 unspecified atom stereocenters. The van der Waals surface area contributed by atoms with Gasteiger partial charge in [-0.25, -0.2) is 4.98 Å². The third-order valence-electron chi connectivity index (χ3n) is 2.92. The number of thiophene rings is 1. The van der Waals surface area contributed by atoms with Crippen LogP contribution in [0.25, 0.3) is 21.3 Å². The van der Waals surface area contributed by atoms with E-state index in [-0.39, 0.29) is 0 Å². The third-order valence-corrected chi connectivity index (χ3v) is 3.84. The lowest BCUT2D eigenvalue weighted by molar-refractivity contribution is 1.07. The van der Waals surface area contributed by atoms with Crippen molar-refractivity contribution in [1.29, 1.82) is 0 Å². The van der Waals surface area contributed by atoms with Crippen molar-refractivity contribution in [3.05, 3.63) is 35.7 Å². The van der Waals surface area contributed by atoms with Crippen LogP contribution in [0.4, 0.5) is 11.8 Å². The van der Waals surface area contributed by atoms with E-state index in [2.05, 4.69) is 39.6 Å². The molecule has 4 nitrogen and oxygen atoms in total. The molecule has 0 radical (unpaired) electrons. The van der Waals surface area contributed by atoms with Crippen LogP contribution < -0.4 is 10.6 Å². The van der Waals surface area contributed by atoms with Crippen LogP contribution in [0.1, 0.15) is 0 Å². The number of anilines is 2. The summed E-state index contributed by atoms with van der Waals surface area (Å²) < 4.78 is 0. The van der Waals surface area contributed by atoms with Gasteiger partial charge in [0.1, 0.15) is 5.82 Å². The molecule has 3 aromatic rings. The molecular weight excluding hydrogens is 256 g/mol. The van der Waals surface area contributed by atoms with Gasteiger partial charge < -0.3 is 10.6 Å². The zero-order valence-electron chi connectivity index (χ0n) is 10.8. The molecule has 0 fully saturated rings. The predicted octanol–water partition coefficient (Wildman–Crippen LogP) is 3.01. The Morgan fingerprint density at radius 3 is 2.68 bits per heavy atom. The van der Waals surface area contributed by atoms with Crippen molar-refractivity contribution in [2.24, 2.45) is 0 Å². The van der Waals surface area contributed by atoms with E-state index in [1.165, 1.54) is 4.88 Å². The number of nitrogens with two attached hydrogens (primary N) is 1. The van der Waals surface area contributed by atoms with Gasteiger partial charge in [-0.1, -0.05) is 12.1 Å². The van der Waals surface area contributed by atoms with Crippen molar-refractivity contribution in [2.75, 3.05) is 24.7 Å². The fraction of sp³-hybridized carbons (Fsp3) is 0.143. The smallest absolute Gasteiger partial charge is 0.222 e. The molecule has 0 saturated heterocycles. The minimum Gasteiger partial charge on any atom is -0.368 e. The number of rotatable bonds is 2. The normalized spacial score (nSPS) is 10.8. The van der Waals surface area contributed by atoms with Crippen LogP contribution >= 0.6 is 11.3 Å². The SMILES string of the molecule is CN(C)c1nc(N)nc2cc(-c3cccs3)ccc12. The lowest BCUT2D eigenvalue weighted by atomic mass is 10.1. The lowest BCUT2D eigenvalue weighted by Gasteiger charge is -2.14. The van der Waals surface area contributed by atoms with Crippen molar-refractivity contribution in [1.82, 2.24) is 9.97 Å². The third kappa shape index (κ3) is 2.13. The molecule has 0 aliphatic rings. The molecule has 5 heteroatoms. The van der Waals surface area contributed by atoms with Gasteiger partial charge in [0.15, 0.2) is 0 Å². The number of hydrogen-bond donors (Lipinski definition) is 1. The Bertz CT molecular complexity index is 720. The second-order valence-electron chi connectivity index (χ2n) is 4.51. The van der Waals surface area contributed by atoms with Gasteiger partial charge in [0, 0.05) is 24.4 Å². The van der Waals surface area contributed by atoms with Gasteiger partial charge in [-0.05, 0) is 29.1 Å². The number of benzene rings is 1. The predicted molar refractivity (Wildman–Crippen MR) is 81.6 cm³/mol. The van der Waals surface area contributed by atoms with Gasteiger partial charge in [0.25, 0.3) is 0 Å². The Hall–Kier alpha value is -2.14. The highest BCUT2D eigenvalue weighted by molar-refractivity contribution is 7.13. The maximum Gasteiger partial charge on any atom is 0.222 e. The highest BCUT2D eigenvalue weighted by atomic mass is 32.1. The number of nitrogen functional groups attached to an aromatic ring is 1. The molecule has 0 saturated carbocycles. The van der Waals surface area contributed by atoms with E-state index < -0.39 is 0 Å². The molecule has 1 aromatic carbocycles. The van der Waals surface area contributed by atoms with Gasteiger partial charge in [-0.3, -0.25) is 0 Å². The highest BCUT2D eigenvalue weighted by Gasteiger charge is 2.09. The first-order valence-electron chi connectivity index (χ1n) is 5.93. The molecule has 0 aliphatic carbocycles. The molecule has 0 atom stereocenters. The Balaban J connectivity index is 2.24. The van der Waals surface area contributed by atoms with Gasteiger partial charge in [0.05, 0.1) is 5.52 Å². The summed E-state index contributed by atoms with van der Waals surface area (Å²) in [4.78, 5) is 11.8. The number of hydrogen-bond acceptors (Lipinski definition) is 5. The van der Waals surface area contributed by atoms with Crippen molar-refractivity contribution in [3.8, 4) is 10.4 Å². The largest absolute Gasteiger partial charge is 0.368 e. The molecule has 96 valence electrons. The lowest BCUT2D eigenvalue weighted by Crippen LogP contribution is -2.13. The number of aromatic nitrogens is 2. The Morgan fingerprint density at radius 2 is 2.00 bits per heavy atom. The molecule has 2 N–H and O–H groups in total. The molecule has 0 aliphatic heterocycles. The minimum absolute atomic E-state index is 0.305. The Labute approximate surface area is 115 Å². The maximum atomic E-state index is 5.78. The standard InChI is InChI=1S/C14H14N4S/c1-18(2)13-10-6-5-9(12-4-3-7-19-12)8-11(10)16-14(15)17-13/h3-8H,1-2H3,(H2,15,16,17). The zero-order chi connectivity index (χ0) is 13.4. The van der Waals surface area contributed by atoms with E-state index in [0.29, 0.717) is 5.95 Å². The molecular formula is C14H14N4S. The van der Waals surface area contributed by atoms with Crippen LogP contribution in [-0.2, 0) is 0 Å². The second kappa shape index (κ2) is 4.51. The second-order valence-corrected chi connectivity index (χ2v) is 5.46. The van der Waals surface area contributed by atoms with E-state index in [4.69, 9.17) is 5.73 Å². The van der Waals surface area contributed by atoms with Crippen LogP contribution in [0.15, 0.2) is 35.7 Å². The summed E-state index contributed by atoms with van der Waals surface area (Å²) in [5.74, 6) is 1.15. The zero-order valence-corrected chi connectivity index (χ0v) is 11.6. The van der Waals surface area contributed by atoms with Gasteiger partial charge in [-0.15, -0.1) is 11.3 Å². The van der Waals surface area contributed by atoms with Crippen molar-refractivity contribution in [2.45, 2.75) is 0 Å². The van der Waals surface area contributed by atoms with Crippen LogP contribution in [0, 0.1) is 0 Å². The fourth-order valence-corrected chi connectivity index (χ4v) is 2.79. The summed E-state index contributed by atoms with van der Waals surface area (Å²) in [6.45, 7) is 0. The van der Waals surface area contributed by atoms with E-state index in [1.807, 2.05) is 25.1 Å². The Kier molecular flexibility index (Phi) is 2.83. The molecule has 2 heterocycles. The minimum atomic E-state index is 0.305. The summed E-state index contributed by atoms with van der Waals surface area (Å²) in [6, 6.07) is 10.4. The average molecular weight is 270 g/mol. The van der Waals surface area contributed by atoms with E-state index in [0.717, 1.165) is 22.3 Å². The summed E-state index contributed by atoms with van der Waals surface area (Å²) in [5, 5.41) is 3.08. The summed E-state index contributed by atoms with van der Waals surface area (Å²) in [6.07, 6.45) is 0. The summed E-state index contributed by atoms with van der Waals surface area (Å²) in [7, 11) is 3.91. The highest BCUT2D eigenvalue weighted by Crippen LogP contribution is 2.30. The summed E-state index contributed by atoms with van der Waals surface area (Å²) in [5.41, 5.74) is 7.82. The first-order chi connectivity index (χ1) is 9.15. The van der Waals surface area contributed by atoms with Crippen molar-refractivity contribution >= 4 is 34.0 Å². The van der Waals surface area contributed by atoms with Gasteiger partial charge in [0.2, 0.25) is 5.95 Å². The van der Waals surface area contributed by atoms with Gasteiger partial charge in [-0.2, -0.15) is 4.98 Å². The van der Waals surface area contributed by atoms with Crippen LogP contribution in [0.5, 0.6) is 0 Å². The molecule has 19 heavy (non-hydrogen) atoms. The van der Waals surface area contributed by atoms with E-state index >= 15 is 0 Å². The van der Waals surface area contributed by atoms with Crippen LogP contribution in [0.3, 0.4) is 0 Å². The molecule has 2 aromatic heterocycles. The average Bonchev–Trinajstić information content (AvgIpc) is 2.90. The van der Waals surface area contributed by atoms with Crippen LogP contribution in [-0.4, -0.2) is 24.1 Å². The first kappa shape index (κ1) is 11.9. The Morgan fingerprint density at radius 1 is 1.16 bits per heavy atom. The number of nitrogens with zero attached hydrogens (tertiary/aromatic N) is 3. The summed E-state index contributed by atoms with van der Waals surface area (Å²) >= 11 is 1.71. The van der Waals surface area contributed by atoms with E-state index in [9.17, 15) is 0 Å². The molecule has 0 bridgehead atoms. The molecule has 0 amide bonds. The van der Waals surface area contributed by atoms with Crippen molar-refractivity contribution in [3.63, 3.8) is 0 Å². The quantitative estimate of drug-likeness (QED) is 0.777. The van der Waals surface area contributed by atoms with E-state index in [1.54, 1.807) is 11.3 Å². The van der Waals surface area contributed by atoms with Crippen LogP contribution in [0.2, 0.25) is 0 Å². The fourth-order valence-electron chi connectivity index (χ4n) is 2.07. The molecule has 3 rings (SSSR count). The van der Waals surface area contributed by atoms with Crippen molar-refractivity contribution < 1.29 is 0 Å². The topological polar surface area (TPSA) is 55.0 Å².